The predicted molar refractivity (Wildman–Crippen MR) is 113 cm³/mol. The van der Waals surface area contributed by atoms with Crippen LogP contribution in [0.4, 0.5) is 0 Å². The number of hydrogen-bond acceptors (Lipinski definition) is 2. The second-order valence-corrected chi connectivity index (χ2v) is 6.32. The van der Waals surface area contributed by atoms with Crippen LogP contribution in [0.3, 0.4) is 0 Å². The lowest BCUT2D eigenvalue weighted by Crippen LogP contribution is -2.43. The highest BCUT2D eigenvalue weighted by Gasteiger charge is 2.11. The van der Waals surface area contributed by atoms with Crippen molar-refractivity contribution in [3.63, 3.8) is 0 Å². The van der Waals surface area contributed by atoms with Crippen LogP contribution in [-0.4, -0.2) is 38.0 Å². The monoisotopic (exact) mass is 506 g/mol. The minimum absolute atomic E-state index is 0. The summed E-state index contributed by atoms with van der Waals surface area (Å²) in [6.07, 6.45) is 7.30. The van der Waals surface area contributed by atoms with Gasteiger partial charge in [-0.2, -0.15) is 0 Å². The Hall–Kier alpha value is -1.09. The first kappa shape index (κ1) is 21.0. The minimum atomic E-state index is -0.0444. The Kier molecular flexibility index (Phi) is 10.0. The lowest BCUT2D eigenvalue weighted by atomic mass is 10.2. The highest BCUT2D eigenvalue weighted by Crippen LogP contribution is 2.10. The fourth-order valence-electron chi connectivity index (χ4n) is 2.32. The second-order valence-electron chi connectivity index (χ2n) is 5.40. The minimum Gasteiger partial charge on any atom is -0.356 e. The smallest absolute Gasteiger partial charge is 0.251 e. The van der Waals surface area contributed by atoms with Crippen LogP contribution in [0.2, 0.25) is 0 Å². The van der Waals surface area contributed by atoms with E-state index in [1.165, 1.54) is 0 Å². The lowest BCUT2D eigenvalue weighted by molar-refractivity contribution is 0.0953. The fraction of sp³-hybridized carbons (Fsp3) is 0.412. The summed E-state index contributed by atoms with van der Waals surface area (Å²) in [6.45, 7) is 1.39. The summed E-state index contributed by atoms with van der Waals surface area (Å²) in [5.74, 6) is 0.773. The summed E-state index contributed by atoms with van der Waals surface area (Å²) >= 11 is 3.36. The van der Waals surface area contributed by atoms with Gasteiger partial charge in [-0.3, -0.25) is 9.79 Å². The number of hydrogen-bond donors (Lipinski definition) is 3. The highest BCUT2D eigenvalue weighted by atomic mass is 127. The number of nitrogens with zero attached hydrogens (tertiary/aromatic N) is 1. The van der Waals surface area contributed by atoms with Crippen LogP contribution < -0.4 is 16.0 Å². The Labute approximate surface area is 168 Å². The third-order valence-corrected chi connectivity index (χ3v) is 4.14. The summed E-state index contributed by atoms with van der Waals surface area (Å²) < 4.78 is 0.967. The first-order valence-corrected chi connectivity index (χ1v) is 8.64. The molecule has 0 unspecified atom stereocenters. The molecule has 24 heavy (non-hydrogen) atoms. The van der Waals surface area contributed by atoms with E-state index < -0.39 is 0 Å². The van der Waals surface area contributed by atoms with Gasteiger partial charge in [-0.25, -0.2) is 0 Å². The number of halogens is 2. The third kappa shape index (κ3) is 7.21. The summed E-state index contributed by atoms with van der Waals surface area (Å²) in [4.78, 5) is 16.2. The maximum Gasteiger partial charge on any atom is 0.251 e. The van der Waals surface area contributed by atoms with Crippen LogP contribution in [0.1, 0.15) is 29.6 Å². The van der Waals surface area contributed by atoms with E-state index in [0.717, 1.165) is 36.2 Å². The highest BCUT2D eigenvalue weighted by molar-refractivity contribution is 14.0. The molecule has 3 N–H and O–H groups in total. The van der Waals surface area contributed by atoms with Gasteiger partial charge in [0.05, 0.1) is 0 Å². The number of benzene rings is 1. The third-order valence-electron chi connectivity index (χ3n) is 3.61. The second kappa shape index (κ2) is 11.5. The standard InChI is InChI=1S/C17H23BrN4O.HI/c1-19-17(22-15-5-2-3-6-15)21-12-4-11-20-16(23)13-7-9-14(18)10-8-13;/h2-3,7-10,15H,4-6,11-12H2,1H3,(H,20,23)(H2,19,21,22);1H. The van der Waals surface area contributed by atoms with Crippen molar-refractivity contribution >= 4 is 51.8 Å². The molecule has 0 fully saturated rings. The maximum absolute atomic E-state index is 11.9. The molecule has 5 nitrogen and oxygen atoms in total. The van der Waals surface area contributed by atoms with E-state index in [1.807, 2.05) is 12.1 Å². The van der Waals surface area contributed by atoms with Crippen LogP contribution >= 0.6 is 39.9 Å². The molecule has 0 aliphatic heterocycles. The van der Waals surface area contributed by atoms with Crippen LogP contribution in [-0.2, 0) is 0 Å². The average molecular weight is 507 g/mol. The number of guanidine groups is 1. The van der Waals surface area contributed by atoms with Gasteiger partial charge < -0.3 is 16.0 Å². The number of amides is 1. The van der Waals surface area contributed by atoms with E-state index in [-0.39, 0.29) is 29.9 Å². The maximum atomic E-state index is 11.9. The number of carbonyl (C=O) groups is 1. The van der Waals surface area contributed by atoms with Crippen molar-refractivity contribution < 1.29 is 4.79 Å². The SMILES string of the molecule is CN=C(NCCCNC(=O)c1ccc(Br)cc1)NC1CC=CC1.I. The normalized spacial score (nSPS) is 14.2. The molecule has 1 aliphatic carbocycles. The predicted octanol–water partition coefficient (Wildman–Crippen LogP) is 3.07. The number of carbonyl (C=O) groups excluding carboxylic acids is 1. The van der Waals surface area contributed by atoms with E-state index in [9.17, 15) is 4.79 Å². The first-order chi connectivity index (χ1) is 11.2. The zero-order valence-electron chi connectivity index (χ0n) is 13.7. The van der Waals surface area contributed by atoms with Crippen molar-refractivity contribution in [2.75, 3.05) is 20.1 Å². The molecule has 0 spiro atoms. The molecule has 0 saturated heterocycles. The molecule has 0 bridgehead atoms. The molecule has 2 rings (SSSR count). The van der Waals surface area contributed by atoms with E-state index in [4.69, 9.17) is 0 Å². The summed E-state index contributed by atoms with van der Waals surface area (Å²) in [5, 5.41) is 9.57. The van der Waals surface area contributed by atoms with Gasteiger partial charge in [0.2, 0.25) is 0 Å². The van der Waals surface area contributed by atoms with Crippen molar-refractivity contribution in [1.82, 2.24) is 16.0 Å². The Bertz CT molecular complexity index is 566. The Morgan fingerprint density at radius 3 is 2.42 bits per heavy atom. The van der Waals surface area contributed by atoms with Crippen LogP contribution in [0, 0.1) is 0 Å². The van der Waals surface area contributed by atoms with Crippen LogP contribution in [0.25, 0.3) is 0 Å². The summed E-state index contributed by atoms with van der Waals surface area (Å²) in [6, 6.07) is 7.78. The van der Waals surface area contributed by atoms with Gasteiger partial charge in [0.15, 0.2) is 5.96 Å². The lowest BCUT2D eigenvalue weighted by Gasteiger charge is -2.16. The zero-order chi connectivity index (χ0) is 16.5. The molecule has 132 valence electrons. The van der Waals surface area contributed by atoms with Gasteiger partial charge in [0.1, 0.15) is 0 Å². The van der Waals surface area contributed by atoms with Crippen LogP contribution in [0.15, 0.2) is 45.9 Å². The topological polar surface area (TPSA) is 65.5 Å². The molecule has 7 heteroatoms. The van der Waals surface area contributed by atoms with Crippen LogP contribution in [0.5, 0.6) is 0 Å². The van der Waals surface area contributed by atoms with Crippen molar-refractivity contribution in [2.24, 2.45) is 4.99 Å². The zero-order valence-corrected chi connectivity index (χ0v) is 17.6. The van der Waals surface area contributed by atoms with Crippen molar-refractivity contribution in [3.05, 3.63) is 46.5 Å². The number of nitrogens with one attached hydrogen (secondary N) is 3. The summed E-state index contributed by atoms with van der Waals surface area (Å²) in [5.41, 5.74) is 0.673. The molecular weight excluding hydrogens is 483 g/mol. The molecule has 1 amide bonds. The Morgan fingerprint density at radius 1 is 1.17 bits per heavy atom. The van der Waals surface area contributed by atoms with Gasteiger partial charge in [-0.1, -0.05) is 28.1 Å². The van der Waals surface area contributed by atoms with E-state index in [2.05, 4.69) is 49.0 Å². The molecule has 1 aromatic carbocycles. The largest absolute Gasteiger partial charge is 0.356 e. The fourth-order valence-corrected chi connectivity index (χ4v) is 2.59. The molecule has 1 aliphatic rings. The Morgan fingerprint density at radius 2 is 1.79 bits per heavy atom. The number of rotatable bonds is 6. The quantitative estimate of drug-likeness (QED) is 0.183. The van der Waals surface area contributed by atoms with E-state index in [0.29, 0.717) is 18.2 Å². The first-order valence-electron chi connectivity index (χ1n) is 7.85. The van der Waals surface area contributed by atoms with Gasteiger partial charge in [-0.05, 0) is 43.5 Å². The van der Waals surface area contributed by atoms with Crippen molar-refractivity contribution in [2.45, 2.75) is 25.3 Å². The van der Waals surface area contributed by atoms with Gasteiger partial charge in [0, 0.05) is 36.2 Å². The molecule has 0 radical (unpaired) electrons. The van der Waals surface area contributed by atoms with Gasteiger partial charge in [-0.15, -0.1) is 24.0 Å². The van der Waals surface area contributed by atoms with Crippen molar-refractivity contribution in [1.29, 1.82) is 0 Å². The van der Waals surface area contributed by atoms with E-state index >= 15 is 0 Å². The molecule has 1 aromatic rings. The van der Waals surface area contributed by atoms with Crippen molar-refractivity contribution in [3.8, 4) is 0 Å². The average Bonchev–Trinajstić information content (AvgIpc) is 3.07. The molecule has 0 heterocycles. The molecule has 0 aromatic heterocycles. The molecule has 0 saturated carbocycles. The van der Waals surface area contributed by atoms with Gasteiger partial charge in [0.25, 0.3) is 5.91 Å². The van der Waals surface area contributed by atoms with E-state index in [1.54, 1.807) is 19.2 Å². The molecular formula is C17H24BrIN4O. The summed E-state index contributed by atoms with van der Waals surface area (Å²) in [7, 11) is 1.77. The van der Waals surface area contributed by atoms with Gasteiger partial charge >= 0.3 is 0 Å². The molecule has 0 atom stereocenters. The number of aliphatic imine (C=N–C) groups is 1. The Balaban J connectivity index is 0.00000288.